The standard InChI is InChI=1S/C8H15NO2/c1-2-6-3-8(4-6,5-9)7(10)11/h6H,2-5,9H2,1H3,(H,10,11). The van der Waals surface area contributed by atoms with E-state index < -0.39 is 11.4 Å². The highest BCUT2D eigenvalue weighted by Gasteiger charge is 2.48. The van der Waals surface area contributed by atoms with Gasteiger partial charge in [-0.2, -0.15) is 0 Å². The summed E-state index contributed by atoms with van der Waals surface area (Å²) in [5.74, 6) is -0.126. The monoisotopic (exact) mass is 157 g/mol. The van der Waals surface area contributed by atoms with E-state index in [1.165, 1.54) is 0 Å². The van der Waals surface area contributed by atoms with E-state index in [1.54, 1.807) is 0 Å². The summed E-state index contributed by atoms with van der Waals surface area (Å²) in [5, 5.41) is 8.82. The summed E-state index contributed by atoms with van der Waals surface area (Å²) in [6, 6.07) is 0. The van der Waals surface area contributed by atoms with Gasteiger partial charge in [-0.1, -0.05) is 13.3 Å². The molecule has 11 heavy (non-hydrogen) atoms. The molecule has 0 spiro atoms. The Morgan fingerprint density at radius 3 is 2.55 bits per heavy atom. The lowest BCUT2D eigenvalue weighted by molar-refractivity contribution is -0.157. The van der Waals surface area contributed by atoms with E-state index in [1.807, 2.05) is 0 Å². The molecule has 0 aromatic carbocycles. The predicted octanol–water partition coefficient (Wildman–Crippen LogP) is 0.836. The molecule has 3 heteroatoms. The number of carboxylic acids is 1. The summed E-state index contributed by atoms with van der Waals surface area (Å²) >= 11 is 0. The Kier molecular flexibility index (Phi) is 2.18. The first kappa shape index (κ1) is 8.53. The Balaban J connectivity index is 2.50. The molecule has 0 amide bonds. The number of hydrogen-bond acceptors (Lipinski definition) is 2. The normalized spacial score (nSPS) is 36.4. The second-order valence-electron chi connectivity index (χ2n) is 3.47. The van der Waals surface area contributed by atoms with Crippen LogP contribution in [0.3, 0.4) is 0 Å². The Labute approximate surface area is 66.6 Å². The number of hydrogen-bond donors (Lipinski definition) is 2. The molecule has 0 aliphatic heterocycles. The van der Waals surface area contributed by atoms with Crippen LogP contribution in [0.4, 0.5) is 0 Å². The van der Waals surface area contributed by atoms with Crippen LogP contribution in [0.5, 0.6) is 0 Å². The van der Waals surface area contributed by atoms with Crippen molar-refractivity contribution in [3.63, 3.8) is 0 Å². The van der Waals surface area contributed by atoms with Gasteiger partial charge < -0.3 is 10.8 Å². The minimum Gasteiger partial charge on any atom is -0.481 e. The van der Waals surface area contributed by atoms with Crippen LogP contribution >= 0.6 is 0 Å². The third-order valence-electron chi connectivity index (χ3n) is 2.78. The van der Waals surface area contributed by atoms with Gasteiger partial charge in [-0.15, -0.1) is 0 Å². The topological polar surface area (TPSA) is 63.3 Å². The number of carboxylic acid groups (broad SMARTS) is 1. The van der Waals surface area contributed by atoms with E-state index in [4.69, 9.17) is 10.8 Å². The van der Waals surface area contributed by atoms with Gasteiger partial charge in [0.25, 0.3) is 0 Å². The summed E-state index contributed by atoms with van der Waals surface area (Å²) in [6.45, 7) is 2.38. The molecule has 0 radical (unpaired) electrons. The van der Waals surface area contributed by atoms with Crippen molar-refractivity contribution in [3.8, 4) is 0 Å². The van der Waals surface area contributed by atoms with E-state index in [0.717, 1.165) is 19.3 Å². The van der Waals surface area contributed by atoms with Crippen molar-refractivity contribution >= 4 is 5.97 Å². The summed E-state index contributed by atoms with van der Waals surface area (Å²) in [4.78, 5) is 10.7. The zero-order valence-electron chi connectivity index (χ0n) is 6.84. The smallest absolute Gasteiger partial charge is 0.310 e. The Morgan fingerprint density at radius 1 is 1.73 bits per heavy atom. The molecular weight excluding hydrogens is 142 g/mol. The molecule has 0 atom stereocenters. The van der Waals surface area contributed by atoms with Gasteiger partial charge in [0, 0.05) is 6.54 Å². The minimum atomic E-state index is -0.718. The van der Waals surface area contributed by atoms with Crippen LogP contribution in [0.2, 0.25) is 0 Å². The minimum absolute atomic E-state index is 0.291. The molecule has 0 heterocycles. The van der Waals surface area contributed by atoms with Crippen LogP contribution in [0.15, 0.2) is 0 Å². The molecule has 0 saturated heterocycles. The van der Waals surface area contributed by atoms with Crippen molar-refractivity contribution < 1.29 is 9.90 Å². The van der Waals surface area contributed by atoms with E-state index in [9.17, 15) is 4.79 Å². The first-order valence-corrected chi connectivity index (χ1v) is 4.08. The molecule has 1 saturated carbocycles. The lowest BCUT2D eigenvalue weighted by atomic mass is 9.61. The lowest BCUT2D eigenvalue weighted by Crippen LogP contribution is -2.48. The molecule has 64 valence electrons. The molecule has 3 nitrogen and oxygen atoms in total. The molecule has 0 aromatic rings. The highest BCUT2D eigenvalue weighted by molar-refractivity contribution is 5.76. The number of aliphatic carboxylic acids is 1. The van der Waals surface area contributed by atoms with Gasteiger partial charge in [0.1, 0.15) is 0 Å². The fourth-order valence-electron chi connectivity index (χ4n) is 1.76. The van der Waals surface area contributed by atoms with Crippen molar-refractivity contribution in [3.05, 3.63) is 0 Å². The Bertz CT molecular complexity index is 161. The van der Waals surface area contributed by atoms with E-state index in [2.05, 4.69) is 6.92 Å². The van der Waals surface area contributed by atoms with Crippen molar-refractivity contribution in [1.82, 2.24) is 0 Å². The third kappa shape index (κ3) is 1.25. The molecule has 0 unspecified atom stereocenters. The number of rotatable bonds is 3. The van der Waals surface area contributed by atoms with E-state index in [0.29, 0.717) is 12.5 Å². The van der Waals surface area contributed by atoms with Crippen molar-refractivity contribution in [1.29, 1.82) is 0 Å². The van der Waals surface area contributed by atoms with Gasteiger partial charge in [0.05, 0.1) is 5.41 Å². The average Bonchev–Trinajstić information content (AvgIpc) is 1.86. The largest absolute Gasteiger partial charge is 0.481 e. The number of carbonyl (C=O) groups is 1. The van der Waals surface area contributed by atoms with E-state index in [-0.39, 0.29) is 0 Å². The molecular formula is C8H15NO2. The first-order chi connectivity index (χ1) is 5.14. The molecule has 1 aliphatic carbocycles. The van der Waals surface area contributed by atoms with Crippen LogP contribution in [0.1, 0.15) is 26.2 Å². The van der Waals surface area contributed by atoms with Crippen molar-refractivity contribution in [2.45, 2.75) is 26.2 Å². The maximum atomic E-state index is 10.7. The average molecular weight is 157 g/mol. The molecule has 1 rings (SSSR count). The first-order valence-electron chi connectivity index (χ1n) is 4.08. The fourth-order valence-corrected chi connectivity index (χ4v) is 1.76. The van der Waals surface area contributed by atoms with Crippen LogP contribution in [-0.2, 0) is 4.79 Å². The predicted molar refractivity (Wildman–Crippen MR) is 42.1 cm³/mol. The lowest BCUT2D eigenvalue weighted by Gasteiger charge is -2.43. The second-order valence-corrected chi connectivity index (χ2v) is 3.47. The molecule has 1 fully saturated rings. The summed E-state index contributed by atoms with van der Waals surface area (Å²) in [7, 11) is 0. The van der Waals surface area contributed by atoms with Crippen LogP contribution in [0.25, 0.3) is 0 Å². The van der Waals surface area contributed by atoms with Gasteiger partial charge >= 0.3 is 5.97 Å². The Morgan fingerprint density at radius 2 is 2.27 bits per heavy atom. The maximum absolute atomic E-state index is 10.7. The van der Waals surface area contributed by atoms with Gasteiger partial charge in [-0.25, -0.2) is 0 Å². The molecule has 0 bridgehead atoms. The summed E-state index contributed by atoms with van der Waals surface area (Å²) < 4.78 is 0. The molecule has 3 N–H and O–H groups in total. The SMILES string of the molecule is CCC1CC(CN)(C(=O)O)C1. The fraction of sp³-hybridized carbons (Fsp3) is 0.875. The molecule has 0 aromatic heterocycles. The van der Waals surface area contributed by atoms with Gasteiger partial charge in [-0.05, 0) is 18.8 Å². The zero-order valence-corrected chi connectivity index (χ0v) is 6.84. The van der Waals surface area contributed by atoms with Gasteiger partial charge in [-0.3, -0.25) is 4.79 Å². The highest BCUT2D eigenvalue weighted by Crippen LogP contribution is 2.46. The number of nitrogens with two attached hydrogens (primary N) is 1. The van der Waals surface area contributed by atoms with Crippen molar-refractivity contribution in [2.75, 3.05) is 6.54 Å². The van der Waals surface area contributed by atoms with Gasteiger partial charge in [0.2, 0.25) is 0 Å². The quantitative estimate of drug-likeness (QED) is 0.638. The Hall–Kier alpha value is -0.570. The zero-order chi connectivity index (χ0) is 8.48. The van der Waals surface area contributed by atoms with Gasteiger partial charge in [0.15, 0.2) is 0 Å². The van der Waals surface area contributed by atoms with Crippen LogP contribution in [0, 0.1) is 11.3 Å². The van der Waals surface area contributed by atoms with E-state index >= 15 is 0 Å². The maximum Gasteiger partial charge on any atom is 0.310 e. The summed E-state index contributed by atoms with van der Waals surface area (Å²) in [5.41, 5.74) is 4.84. The van der Waals surface area contributed by atoms with Crippen molar-refractivity contribution in [2.24, 2.45) is 17.1 Å². The summed E-state index contributed by atoms with van der Waals surface area (Å²) in [6.07, 6.45) is 2.62. The molecule has 1 aliphatic rings. The van der Waals surface area contributed by atoms with Crippen LogP contribution in [-0.4, -0.2) is 17.6 Å². The third-order valence-corrected chi connectivity index (χ3v) is 2.78. The second kappa shape index (κ2) is 2.81. The highest BCUT2D eigenvalue weighted by atomic mass is 16.4. The van der Waals surface area contributed by atoms with Crippen LogP contribution < -0.4 is 5.73 Å².